The van der Waals surface area contributed by atoms with Crippen LogP contribution in [0.4, 0.5) is 4.39 Å². The molecule has 100 valence electrons. The summed E-state index contributed by atoms with van der Waals surface area (Å²) in [6, 6.07) is 7.17. The van der Waals surface area contributed by atoms with Crippen molar-refractivity contribution in [3.8, 4) is 0 Å². The van der Waals surface area contributed by atoms with Crippen molar-refractivity contribution in [1.82, 2.24) is 5.32 Å². The van der Waals surface area contributed by atoms with E-state index in [1.54, 1.807) is 6.07 Å². The minimum absolute atomic E-state index is 0.123. The first-order chi connectivity index (χ1) is 8.65. The molecule has 18 heavy (non-hydrogen) atoms. The van der Waals surface area contributed by atoms with Gasteiger partial charge in [0.25, 0.3) is 0 Å². The molecule has 0 bridgehead atoms. The lowest BCUT2D eigenvalue weighted by molar-refractivity contribution is -0.0112. The van der Waals surface area contributed by atoms with E-state index in [0.29, 0.717) is 6.42 Å². The van der Waals surface area contributed by atoms with Crippen LogP contribution in [0.25, 0.3) is 0 Å². The van der Waals surface area contributed by atoms with Crippen molar-refractivity contribution in [3.63, 3.8) is 0 Å². The van der Waals surface area contributed by atoms with Gasteiger partial charge in [0.1, 0.15) is 5.82 Å². The second kappa shape index (κ2) is 5.81. The molecule has 1 saturated heterocycles. The van der Waals surface area contributed by atoms with Gasteiger partial charge in [0.15, 0.2) is 0 Å². The van der Waals surface area contributed by atoms with Gasteiger partial charge in [0, 0.05) is 12.6 Å². The fraction of sp³-hybridized carbons (Fsp3) is 0.600. The maximum Gasteiger partial charge on any atom is 0.126 e. The molecule has 3 heteroatoms. The average Bonchev–Trinajstić information content (AvgIpc) is 2.79. The van der Waals surface area contributed by atoms with E-state index in [1.807, 2.05) is 12.1 Å². The molecule has 2 atom stereocenters. The van der Waals surface area contributed by atoms with Crippen LogP contribution in [0.2, 0.25) is 0 Å². The quantitative estimate of drug-likeness (QED) is 0.868. The summed E-state index contributed by atoms with van der Waals surface area (Å²) in [5.41, 5.74) is 0.596. The molecule has 1 N–H and O–H groups in total. The van der Waals surface area contributed by atoms with Gasteiger partial charge in [-0.3, -0.25) is 0 Å². The molecule has 0 amide bonds. The molecule has 2 rings (SSSR count). The minimum atomic E-state index is -0.168. The summed E-state index contributed by atoms with van der Waals surface area (Å²) in [6.45, 7) is 5.90. The lowest BCUT2D eigenvalue weighted by Gasteiger charge is -2.34. The van der Waals surface area contributed by atoms with E-state index in [9.17, 15) is 4.39 Å². The Morgan fingerprint density at radius 3 is 2.83 bits per heavy atom. The molecule has 1 aromatic carbocycles. The second-order valence-corrected chi connectivity index (χ2v) is 5.17. The molecule has 2 unspecified atom stereocenters. The van der Waals surface area contributed by atoms with Crippen LogP contribution in [0.3, 0.4) is 0 Å². The zero-order valence-corrected chi connectivity index (χ0v) is 11.2. The Labute approximate surface area is 109 Å². The van der Waals surface area contributed by atoms with Gasteiger partial charge in [-0.2, -0.15) is 0 Å². The Kier molecular flexibility index (Phi) is 4.36. The molecule has 0 saturated carbocycles. The first-order valence-corrected chi connectivity index (χ1v) is 6.76. The van der Waals surface area contributed by atoms with Crippen LogP contribution in [-0.4, -0.2) is 24.8 Å². The smallest absolute Gasteiger partial charge is 0.126 e. The summed E-state index contributed by atoms with van der Waals surface area (Å²) < 4.78 is 19.6. The highest BCUT2D eigenvalue weighted by Crippen LogP contribution is 2.30. The molecular formula is C15H22FNO. The van der Waals surface area contributed by atoms with Crippen molar-refractivity contribution in [1.29, 1.82) is 0 Å². The van der Waals surface area contributed by atoms with Crippen LogP contribution >= 0.6 is 0 Å². The molecular weight excluding hydrogens is 229 g/mol. The lowest BCUT2D eigenvalue weighted by Crippen LogP contribution is -2.49. The van der Waals surface area contributed by atoms with Crippen molar-refractivity contribution >= 4 is 0 Å². The zero-order valence-electron chi connectivity index (χ0n) is 11.2. The fourth-order valence-corrected chi connectivity index (χ4v) is 2.71. The normalized spacial score (nSPS) is 25.3. The third-order valence-corrected chi connectivity index (χ3v) is 3.82. The topological polar surface area (TPSA) is 21.3 Å². The molecule has 0 aromatic heterocycles. The third-order valence-electron chi connectivity index (χ3n) is 3.82. The van der Waals surface area contributed by atoms with Crippen molar-refractivity contribution in [3.05, 3.63) is 35.6 Å². The van der Waals surface area contributed by atoms with Gasteiger partial charge in [-0.1, -0.05) is 25.1 Å². The van der Waals surface area contributed by atoms with Crippen LogP contribution in [0.5, 0.6) is 0 Å². The third kappa shape index (κ3) is 2.90. The number of ether oxygens (including phenoxy) is 1. The van der Waals surface area contributed by atoms with Crippen molar-refractivity contribution in [2.45, 2.75) is 44.8 Å². The van der Waals surface area contributed by atoms with E-state index in [4.69, 9.17) is 4.74 Å². The second-order valence-electron chi connectivity index (χ2n) is 5.17. The Balaban J connectivity index is 2.13. The van der Waals surface area contributed by atoms with E-state index in [0.717, 1.165) is 31.6 Å². The Morgan fingerprint density at radius 1 is 1.44 bits per heavy atom. The summed E-state index contributed by atoms with van der Waals surface area (Å²) in [5.74, 6) is -0.123. The summed E-state index contributed by atoms with van der Waals surface area (Å²) in [7, 11) is 0. The van der Waals surface area contributed by atoms with Crippen molar-refractivity contribution < 1.29 is 9.13 Å². The standard InChI is InChI=1S/C15H22FNO/c1-3-17-14(15(2)9-6-10-18-15)11-12-7-4-5-8-13(12)16/h4-5,7-8,14,17H,3,6,9-11H2,1-2H3. The highest BCUT2D eigenvalue weighted by Gasteiger charge is 2.38. The molecule has 1 heterocycles. The summed E-state index contributed by atoms with van der Waals surface area (Å²) in [4.78, 5) is 0. The summed E-state index contributed by atoms with van der Waals surface area (Å²) >= 11 is 0. The van der Waals surface area contributed by atoms with Gasteiger partial charge in [-0.05, 0) is 44.4 Å². The van der Waals surface area contributed by atoms with Gasteiger partial charge in [0.05, 0.1) is 5.60 Å². The number of rotatable bonds is 5. The number of benzene rings is 1. The molecule has 1 aromatic rings. The maximum absolute atomic E-state index is 13.7. The average molecular weight is 251 g/mol. The lowest BCUT2D eigenvalue weighted by atomic mass is 9.88. The SMILES string of the molecule is CCNC(Cc1ccccc1F)C1(C)CCCO1. The molecule has 1 fully saturated rings. The zero-order chi connectivity index (χ0) is 13.0. The Bertz CT molecular complexity index is 388. The van der Waals surface area contributed by atoms with Gasteiger partial charge >= 0.3 is 0 Å². The van der Waals surface area contributed by atoms with E-state index in [-0.39, 0.29) is 17.5 Å². The van der Waals surface area contributed by atoms with Crippen LogP contribution in [0, 0.1) is 5.82 Å². The largest absolute Gasteiger partial charge is 0.374 e. The van der Waals surface area contributed by atoms with Crippen molar-refractivity contribution in [2.75, 3.05) is 13.2 Å². The molecule has 1 aliphatic rings. The van der Waals surface area contributed by atoms with Crippen molar-refractivity contribution in [2.24, 2.45) is 0 Å². The fourth-order valence-electron chi connectivity index (χ4n) is 2.71. The predicted octanol–water partition coefficient (Wildman–Crippen LogP) is 2.92. The van der Waals surface area contributed by atoms with Gasteiger partial charge in [0.2, 0.25) is 0 Å². The van der Waals surface area contributed by atoms with Gasteiger partial charge in [-0.25, -0.2) is 4.39 Å². The van der Waals surface area contributed by atoms with Gasteiger partial charge in [-0.15, -0.1) is 0 Å². The van der Waals surface area contributed by atoms with Gasteiger partial charge < -0.3 is 10.1 Å². The highest BCUT2D eigenvalue weighted by atomic mass is 19.1. The van der Waals surface area contributed by atoms with E-state index < -0.39 is 0 Å². The minimum Gasteiger partial charge on any atom is -0.374 e. The van der Waals surface area contributed by atoms with Crippen LogP contribution in [0.15, 0.2) is 24.3 Å². The number of halogens is 1. The van der Waals surface area contributed by atoms with E-state index >= 15 is 0 Å². The maximum atomic E-state index is 13.7. The van der Waals surface area contributed by atoms with Crippen LogP contribution < -0.4 is 5.32 Å². The number of nitrogens with one attached hydrogen (secondary N) is 1. The summed E-state index contributed by atoms with van der Waals surface area (Å²) in [6.07, 6.45) is 2.81. The molecule has 0 aliphatic carbocycles. The first-order valence-electron chi connectivity index (χ1n) is 6.76. The van der Waals surface area contributed by atoms with E-state index in [1.165, 1.54) is 6.07 Å². The monoisotopic (exact) mass is 251 g/mol. The number of hydrogen-bond acceptors (Lipinski definition) is 2. The molecule has 0 radical (unpaired) electrons. The Hall–Kier alpha value is -0.930. The molecule has 2 nitrogen and oxygen atoms in total. The highest BCUT2D eigenvalue weighted by molar-refractivity contribution is 5.19. The number of hydrogen-bond donors (Lipinski definition) is 1. The Morgan fingerprint density at radius 2 is 2.22 bits per heavy atom. The molecule has 0 spiro atoms. The molecule has 1 aliphatic heterocycles. The van der Waals surface area contributed by atoms with Crippen LogP contribution in [0.1, 0.15) is 32.3 Å². The number of likely N-dealkylation sites (N-methyl/N-ethyl adjacent to an activating group) is 1. The summed E-state index contributed by atoms with van der Waals surface area (Å²) in [5, 5.41) is 3.45. The van der Waals surface area contributed by atoms with E-state index in [2.05, 4.69) is 19.2 Å². The van der Waals surface area contributed by atoms with Crippen LogP contribution in [-0.2, 0) is 11.2 Å². The predicted molar refractivity (Wildman–Crippen MR) is 71.2 cm³/mol. The first kappa shape index (κ1) is 13.5.